The summed E-state index contributed by atoms with van der Waals surface area (Å²) in [5, 5.41) is 0. The Morgan fingerprint density at radius 2 is 1.41 bits per heavy atom. The maximum absolute atomic E-state index is 14.3. The van der Waals surface area contributed by atoms with Gasteiger partial charge >= 0.3 is 18.0 Å². The van der Waals surface area contributed by atoms with Crippen LogP contribution in [-0.4, -0.2) is 38.8 Å². The van der Waals surface area contributed by atoms with Gasteiger partial charge in [0.25, 0.3) is 11.8 Å². The highest BCUT2D eigenvalue weighted by atomic mass is 32.2. The number of nitrogens with zero attached hydrogens (tertiary/aromatic N) is 1. The summed E-state index contributed by atoms with van der Waals surface area (Å²) in [6.07, 6.45) is -11.9. The monoisotopic (exact) mass is 483 g/mol. The van der Waals surface area contributed by atoms with E-state index in [0.29, 0.717) is 11.0 Å². The Labute approximate surface area is 176 Å². The summed E-state index contributed by atoms with van der Waals surface area (Å²) < 4.78 is 116. The molecule has 0 aromatic heterocycles. The second-order valence-corrected chi connectivity index (χ2v) is 9.04. The first-order valence-electron chi connectivity index (χ1n) is 8.58. The van der Waals surface area contributed by atoms with Gasteiger partial charge in [-0.05, 0) is 30.7 Å². The van der Waals surface area contributed by atoms with Crippen molar-refractivity contribution in [3.05, 3.63) is 58.7 Å². The molecule has 2 amide bonds. The zero-order valence-corrected chi connectivity index (χ0v) is 16.9. The molecule has 0 fully saturated rings. The fourth-order valence-electron chi connectivity index (χ4n) is 3.39. The Balaban J connectivity index is 2.16. The third-order valence-corrected chi connectivity index (χ3v) is 6.03. The number of hydrogen-bond donors (Lipinski definition) is 0. The number of alkyl halides is 7. The largest absolute Gasteiger partial charge is 0.435 e. The maximum atomic E-state index is 14.3. The third kappa shape index (κ3) is 3.34. The summed E-state index contributed by atoms with van der Waals surface area (Å²) in [6, 6.07) is 4.39. The Hall–Kier alpha value is -2.96. The van der Waals surface area contributed by atoms with Crippen molar-refractivity contribution in [2.24, 2.45) is 0 Å². The number of benzene rings is 2. The molecule has 0 saturated carbocycles. The molecule has 1 aliphatic heterocycles. The summed E-state index contributed by atoms with van der Waals surface area (Å²) in [5.41, 5.74) is -9.14. The number of anilines is 1. The number of sulfone groups is 1. The smallest absolute Gasteiger partial charge is 0.268 e. The molecule has 1 heterocycles. The van der Waals surface area contributed by atoms with E-state index in [1.807, 2.05) is 0 Å². The van der Waals surface area contributed by atoms with Gasteiger partial charge in [0.15, 0.2) is 9.84 Å². The lowest BCUT2D eigenvalue weighted by Crippen LogP contribution is -2.50. The first-order chi connectivity index (χ1) is 14.4. The zero-order valence-electron chi connectivity index (χ0n) is 16.1. The summed E-state index contributed by atoms with van der Waals surface area (Å²) in [6.45, 7) is 0.979. The zero-order chi connectivity index (χ0) is 24.4. The molecule has 3 rings (SSSR count). The van der Waals surface area contributed by atoms with Crippen LogP contribution in [0.25, 0.3) is 0 Å². The highest BCUT2D eigenvalue weighted by Gasteiger charge is 2.73. The van der Waals surface area contributed by atoms with Crippen LogP contribution in [0.4, 0.5) is 36.4 Å². The second kappa shape index (κ2) is 7.02. The number of rotatable bonds is 3. The molecule has 1 aliphatic rings. The van der Waals surface area contributed by atoms with E-state index in [-0.39, 0.29) is 17.7 Å². The highest BCUT2D eigenvalue weighted by molar-refractivity contribution is 7.90. The van der Waals surface area contributed by atoms with Crippen LogP contribution in [0.15, 0.2) is 41.3 Å². The lowest BCUT2D eigenvalue weighted by molar-refractivity contribution is -0.348. The van der Waals surface area contributed by atoms with Crippen LogP contribution in [-0.2, 0) is 15.5 Å². The van der Waals surface area contributed by atoms with Crippen LogP contribution < -0.4 is 4.90 Å². The number of amides is 2. The summed E-state index contributed by atoms with van der Waals surface area (Å²) in [5.74, 6) is -2.18. The number of hydrogen-bond acceptors (Lipinski definition) is 4. The molecule has 13 heteroatoms. The molecule has 0 unspecified atom stereocenters. The van der Waals surface area contributed by atoms with E-state index >= 15 is 0 Å². The van der Waals surface area contributed by atoms with E-state index in [1.54, 1.807) is 0 Å². The molecular formula is C19H12F7NO4S. The summed E-state index contributed by atoms with van der Waals surface area (Å²) >= 11 is 0. The predicted molar refractivity (Wildman–Crippen MR) is 96.8 cm³/mol. The summed E-state index contributed by atoms with van der Waals surface area (Å²) in [7, 11) is -3.96. The average Bonchev–Trinajstić information content (AvgIpc) is 2.89. The average molecular weight is 483 g/mol. The topological polar surface area (TPSA) is 71.5 Å². The van der Waals surface area contributed by atoms with Gasteiger partial charge in [-0.2, -0.15) is 26.3 Å². The molecule has 0 atom stereocenters. The van der Waals surface area contributed by atoms with Crippen molar-refractivity contribution in [1.82, 2.24) is 0 Å². The van der Waals surface area contributed by atoms with Crippen molar-refractivity contribution in [2.75, 3.05) is 11.2 Å². The maximum Gasteiger partial charge on any atom is 0.435 e. The number of carbonyl (C=O) groups excluding carboxylic acids is 2. The van der Waals surface area contributed by atoms with Crippen LogP contribution in [0.1, 0.15) is 31.8 Å². The van der Waals surface area contributed by atoms with Crippen LogP contribution in [0.2, 0.25) is 0 Å². The molecule has 5 nitrogen and oxygen atoms in total. The molecule has 172 valence electrons. The van der Waals surface area contributed by atoms with Crippen LogP contribution in [0.3, 0.4) is 0 Å². The van der Waals surface area contributed by atoms with Crippen LogP contribution >= 0.6 is 0 Å². The quantitative estimate of drug-likeness (QED) is 0.477. The minimum Gasteiger partial charge on any atom is -0.268 e. The predicted octanol–water partition coefficient (Wildman–Crippen LogP) is 4.49. The van der Waals surface area contributed by atoms with Crippen molar-refractivity contribution < 1.29 is 48.7 Å². The number of aryl methyl sites for hydroxylation is 1. The van der Waals surface area contributed by atoms with E-state index in [2.05, 4.69) is 0 Å². The van der Waals surface area contributed by atoms with E-state index in [1.165, 1.54) is 6.07 Å². The fourth-order valence-corrected chi connectivity index (χ4v) is 4.28. The number of carbonyl (C=O) groups is 2. The fraction of sp³-hybridized carbons (Fsp3) is 0.263. The normalized spacial score (nSPS) is 15.3. The Bertz CT molecular complexity index is 1240. The van der Waals surface area contributed by atoms with E-state index in [4.69, 9.17) is 0 Å². The molecule has 0 N–H and O–H groups in total. The molecule has 0 bridgehead atoms. The lowest BCUT2D eigenvalue weighted by Gasteiger charge is -2.31. The van der Waals surface area contributed by atoms with Gasteiger partial charge in [-0.3, -0.25) is 9.59 Å². The van der Waals surface area contributed by atoms with Gasteiger partial charge in [-0.1, -0.05) is 18.2 Å². The molecule has 0 aliphatic carbocycles. The standard InChI is InChI=1S/C19H12F7NO4S/c1-9-8-10(17(20,18(21,22)23)19(24,25)26)6-7-12(9)27-15(28)11-4-3-5-13(32(2,30)31)14(11)16(27)29/h3-8H,1-2H3. The molecule has 0 radical (unpaired) electrons. The first-order valence-corrected chi connectivity index (χ1v) is 10.5. The minimum absolute atomic E-state index is 0.171. The van der Waals surface area contributed by atoms with Gasteiger partial charge in [0.1, 0.15) is 0 Å². The van der Waals surface area contributed by atoms with Gasteiger partial charge in [0.05, 0.1) is 21.7 Å². The summed E-state index contributed by atoms with van der Waals surface area (Å²) in [4.78, 5) is 25.5. The lowest BCUT2D eigenvalue weighted by atomic mass is 9.92. The van der Waals surface area contributed by atoms with Gasteiger partial charge in [0.2, 0.25) is 0 Å². The van der Waals surface area contributed by atoms with Gasteiger partial charge < -0.3 is 0 Å². The van der Waals surface area contributed by atoms with E-state index in [9.17, 15) is 48.7 Å². The minimum atomic E-state index is -6.33. The highest BCUT2D eigenvalue weighted by Crippen LogP contribution is 2.53. The number of halogens is 7. The van der Waals surface area contributed by atoms with E-state index in [0.717, 1.165) is 25.3 Å². The van der Waals surface area contributed by atoms with Crippen LogP contribution in [0.5, 0.6) is 0 Å². The molecule has 0 saturated heterocycles. The van der Waals surface area contributed by atoms with Crippen molar-refractivity contribution in [3.63, 3.8) is 0 Å². The van der Waals surface area contributed by atoms with Crippen molar-refractivity contribution in [2.45, 2.75) is 29.8 Å². The molecular weight excluding hydrogens is 471 g/mol. The SMILES string of the molecule is Cc1cc(C(F)(C(F)(F)F)C(F)(F)F)ccc1N1C(=O)c2cccc(S(C)(=O)=O)c2C1=O. The van der Waals surface area contributed by atoms with Crippen molar-refractivity contribution in [1.29, 1.82) is 0 Å². The first kappa shape index (κ1) is 23.7. The van der Waals surface area contributed by atoms with E-state index < -0.39 is 66.9 Å². The molecule has 2 aromatic rings. The third-order valence-electron chi connectivity index (χ3n) is 4.89. The molecule has 0 spiro atoms. The van der Waals surface area contributed by atoms with Gasteiger partial charge in [-0.15, -0.1) is 0 Å². The molecule has 32 heavy (non-hydrogen) atoms. The van der Waals surface area contributed by atoms with Crippen LogP contribution in [0, 0.1) is 6.92 Å². The Morgan fingerprint density at radius 3 is 1.88 bits per heavy atom. The Morgan fingerprint density at radius 1 is 0.844 bits per heavy atom. The van der Waals surface area contributed by atoms with Crippen molar-refractivity contribution in [3.8, 4) is 0 Å². The number of fused-ring (bicyclic) bond motifs is 1. The number of imide groups is 1. The van der Waals surface area contributed by atoms with Gasteiger partial charge in [-0.25, -0.2) is 17.7 Å². The Kier molecular flexibility index (Phi) is 5.20. The molecule has 2 aromatic carbocycles. The van der Waals surface area contributed by atoms with Crippen molar-refractivity contribution >= 4 is 27.3 Å². The van der Waals surface area contributed by atoms with Gasteiger partial charge in [0, 0.05) is 11.8 Å². The second-order valence-electron chi connectivity index (χ2n) is 7.05.